The third-order valence-electron chi connectivity index (χ3n) is 7.24. The first kappa shape index (κ1) is 31.5. The van der Waals surface area contributed by atoms with E-state index >= 15 is 0 Å². The van der Waals surface area contributed by atoms with Crippen LogP contribution in [-0.4, -0.2) is 21.8 Å². The van der Waals surface area contributed by atoms with Crippen molar-refractivity contribution in [2.45, 2.75) is 111 Å². The van der Waals surface area contributed by atoms with E-state index in [9.17, 15) is 0 Å². The fraction of sp³-hybridized carbons (Fsp3) is 0.588. The number of benzene rings is 2. The average molecular weight is 523 g/mol. The van der Waals surface area contributed by atoms with Crippen LogP contribution in [0.4, 0.5) is 0 Å². The summed E-state index contributed by atoms with van der Waals surface area (Å²) in [6, 6.07) is 21.5. The van der Waals surface area contributed by atoms with E-state index in [1.807, 2.05) is 0 Å². The number of hydrogen-bond donors (Lipinski definition) is 0. The number of hydrogen-bond acceptors (Lipinski definition) is 2. The molecule has 0 aromatic heterocycles. The van der Waals surface area contributed by atoms with E-state index in [-0.39, 0.29) is 0 Å². The molecule has 0 fully saturated rings. The van der Waals surface area contributed by atoms with Crippen LogP contribution in [0.2, 0.25) is 0 Å². The molecular weight excluding hydrogens is 468 g/mol. The van der Waals surface area contributed by atoms with E-state index in [0.717, 1.165) is 32.5 Å². The smallest absolute Gasteiger partial charge is 0.388 e. The van der Waals surface area contributed by atoms with Gasteiger partial charge in [0, 0.05) is 13.2 Å². The van der Waals surface area contributed by atoms with Gasteiger partial charge in [0.2, 0.25) is 0 Å². The van der Waals surface area contributed by atoms with E-state index in [1.165, 1.54) is 80.2 Å². The SMILES string of the molecule is CCCCCCCCCCCCO[Si](OCCC(C)CCC=C(C)C)(c1ccccc1)c1ccccc1. The van der Waals surface area contributed by atoms with Crippen molar-refractivity contribution in [1.82, 2.24) is 0 Å². The highest BCUT2D eigenvalue weighted by Crippen LogP contribution is 2.17. The van der Waals surface area contributed by atoms with Gasteiger partial charge in [-0.3, -0.25) is 0 Å². The summed E-state index contributed by atoms with van der Waals surface area (Å²) in [5, 5.41) is 2.43. The largest absolute Gasteiger partial charge is 0.407 e. The van der Waals surface area contributed by atoms with Crippen molar-refractivity contribution in [1.29, 1.82) is 0 Å². The molecule has 0 heterocycles. The Morgan fingerprint density at radius 2 is 1.16 bits per heavy atom. The van der Waals surface area contributed by atoms with Crippen molar-refractivity contribution in [2.24, 2.45) is 5.92 Å². The summed E-state index contributed by atoms with van der Waals surface area (Å²) in [7, 11) is -2.77. The highest BCUT2D eigenvalue weighted by Gasteiger charge is 2.42. The van der Waals surface area contributed by atoms with Gasteiger partial charge in [-0.2, -0.15) is 0 Å². The first-order chi connectivity index (χ1) is 18.1. The predicted molar refractivity (Wildman–Crippen MR) is 164 cm³/mol. The van der Waals surface area contributed by atoms with Crippen molar-refractivity contribution in [3.63, 3.8) is 0 Å². The Bertz CT molecular complexity index is 790. The van der Waals surface area contributed by atoms with Gasteiger partial charge in [0.25, 0.3) is 0 Å². The molecule has 0 spiro atoms. The topological polar surface area (TPSA) is 18.5 Å². The van der Waals surface area contributed by atoms with Gasteiger partial charge < -0.3 is 8.85 Å². The molecule has 0 saturated heterocycles. The van der Waals surface area contributed by atoms with Crippen molar-refractivity contribution in [3.05, 3.63) is 72.3 Å². The molecule has 2 rings (SSSR count). The maximum Gasteiger partial charge on any atom is 0.407 e. The summed E-state index contributed by atoms with van der Waals surface area (Å²) in [4.78, 5) is 0. The summed E-state index contributed by atoms with van der Waals surface area (Å²) in [5.41, 5.74) is 1.41. The van der Waals surface area contributed by atoms with Gasteiger partial charge in [0.1, 0.15) is 0 Å². The van der Waals surface area contributed by atoms with Gasteiger partial charge in [-0.05, 0) is 55.8 Å². The lowest BCUT2D eigenvalue weighted by Crippen LogP contribution is -2.63. The van der Waals surface area contributed by atoms with Gasteiger partial charge >= 0.3 is 8.56 Å². The normalized spacial score (nSPS) is 12.4. The van der Waals surface area contributed by atoms with Crippen LogP contribution in [0.5, 0.6) is 0 Å². The molecule has 0 radical (unpaired) electrons. The zero-order valence-corrected chi connectivity index (χ0v) is 25.4. The fourth-order valence-electron chi connectivity index (χ4n) is 4.87. The highest BCUT2D eigenvalue weighted by molar-refractivity contribution is 6.92. The summed E-state index contributed by atoms with van der Waals surface area (Å²) in [6.07, 6.45) is 19.1. The summed E-state index contributed by atoms with van der Waals surface area (Å²) < 4.78 is 13.8. The van der Waals surface area contributed by atoms with Crippen LogP contribution in [0.1, 0.15) is 111 Å². The summed E-state index contributed by atoms with van der Waals surface area (Å²) in [6.45, 7) is 10.5. The van der Waals surface area contributed by atoms with Crippen molar-refractivity contribution >= 4 is 18.9 Å². The van der Waals surface area contributed by atoms with Crippen LogP contribution < -0.4 is 10.4 Å². The van der Waals surface area contributed by atoms with Gasteiger partial charge in [0.05, 0.1) is 0 Å². The van der Waals surface area contributed by atoms with Crippen LogP contribution in [0, 0.1) is 5.92 Å². The quantitative estimate of drug-likeness (QED) is 0.0925. The van der Waals surface area contributed by atoms with Gasteiger partial charge in [0.15, 0.2) is 0 Å². The molecule has 206 valence electrons. The molecule has 0 aliphatic heterocycles. The molecule has 1 atom stereocenters. The van der Waals surface area contributed by atoms with Crippen molar-refractivity contribution in [2.75, 3.05) is 13.2 Å². The van der Waals surface area contributed by atoms with Gasteiger partial charge in [-0.1, -0.05) is 144 Å². The Morgan fingerprint density at radius 1 is 0.676 bits per heavy atom. The van der Waals surface area contributed by atoms with Gasteiger partial charge in [-0.15, -0.1) is 0 Å². The number of unbranched alkanes of at least 4 members (excludes halogenated alkanes) is 9. The van der Waals surface area contributed by atoms with E-state index < -0.39 is 8.56 Å². The van der Waals surface area contributed by atoms with Crippen LogP contribution >= 0.6 is 0 Å². The Kier molecular flexibility index (Phi) is 16.5. The minimum atomic E-state index is -2.77. The molecule has 0 aliphatic rings. The zero-order chi connectivity index (χ0) is 26.6. The van der Waals surface area contributed by atoms with E-state index in [4.69, 9.17) is 8.85 Å². The van der Waals surface area contributed by atoms with E-state index in [0.29, 0.717) is 5.92 Å². The molecule has 3 heteroatoms. The standard InChI is InChI=1S/C34H54O2Si/c1-5-6-7-8-9-10-11-12-13-20-29-35-37(33-24-16-14-17-25-33,34-26-18-15-19-27-34)36-30-28-32(4)23-21-22-31(2)3/h14-19,22,24-27,32H,5-13,20-21,23,28-30H2,1-4H3. The Labute approximate surface area is 230 Å². The van der Waals surface area contributed by atoms with Crippen LogP contribution in [0.25, 0.3) is 0 Å². The molecular formula is C34H54O2Si. The van der Waals surface area contributed by atoms with Crippen LogP contribution in [0.3, 0.4) is 0 Å². The molecule has 2 aromatic carbocycles. The number of allylic oxidation sites excluding steroid dienone is 2. The fourth-order valence-corrected chi connectivity index (χ4v) is 8.05. The Hall–Kier alpha value is -1.68. The molecule has 0 N–H and O–H groups in total. The summed E-state index contributed by atoms with van der Waals surface area (Å²) in [5.74, 6) is 0.635. The second kappa shape index (κ2) is 19.4. The lowest BCUT2D eigenvalue weighted by atomic mass is 10.0. The minimum Gasteiger partial charge on any atom is -0.388 e. The predicted octanol–water partition coefficient (Wildman–Crippen LogP) is 8.97. The molecule has 0 saturated carbocycles. The first-order valence-electron chi connectivity index (χ1n) is 15.1. The maximum atomic E-state index is 6.89. The molecule has 2 aromatic rings. The van der Waals surface area contributed by atoms with Crippen molar-refractivity contribution < 1.29 is 8.85 Å². The minimum absolute atomic E-state index is 0.635. The van der Waals surface area contributed by atoms with Gasteiger partial charge in [-0.25, -0.2) is 0 Å². The summed E-state index contributed by atoms with van der Waals surface area (Å²) >= 11 is 0. The maximum absolute atomic E-state index is 6.89. The second-order valence-electron chi connectivity index (χ2n) is 11.0. The first-order valence-corrected chi connectivity index (χ1v) is 16.9. The average Bonchev–Trinajstić information content (AvgIpc) is 2.91. The molecule has 1 unspecified atom stereocenters. The molecule has 37 heavy (non-hydrogen) atoms. The molecule has 0 bridgehead atoms. The monoisotopic (exact) mass is 522 g/mol. The number of rotatable bonds is 21. The second-order valence-corrected chi connectivity index (χ2v) is 13.9. The highest BCUT2D eigenvalue weighted by atomic mass is 28.4. The van der Waals surface area contributed by atoms with Crippen LogP contribution in [0.15, 0.2) is 72.3 Å². The van der Waals surface area contributed by atoms with Crippen molar-refractivity contribution in [3.8, 4) is 0 Å². The van der Waals surface area contributed by atoms with E-state index in [1.54, 1.807) is 0 Å². The lowest BCUT2D eigenvalue weighted by molar-refractivity contribution is 0.177. The van der Waals surface area contributed by atoms with E-state index in [2.05, 4.69) is 94.4 Å². The third-order valence-corrected chi connectivity index (χ3v) is 10.6. The lowest BCUT2D eigenvalue weighted by Gasteiger charge is -2.32. The Morgan fingerprint density at radius 3 is 1.68 bits per heavy atom. The Balaban J connectivity index is 1.96. The molecule has 0 aliphatic carbocycles. The van der Waals surface area contributed by atoms with Crippen LogP contribution in [-0.2, 0) is 8.85 Å². The molecule has 0 amide bonds. The zero-order valence-electron chi connectivity index (χ0n) is 24.4. The third kappa shape index (κ3) is 12.6. The molecule has 2 nitrogen and oxygen atoms in total.